The number of likely N-dealkylation sites (N-methyl/N-ethyl adjacent to an activating group) is 1. The van der Waals surface area contributed by atoms with Crippen molar-refractivity contribution < 1.29 is 29.0 Å². The number of ether oxygens (including phenoxy) is 2. The number of rotatable bonds is 14. The van der Waals surface area contributed by atoms with Gasteiger partial charge in [0.2, 0.25) is 5.91 Å². The molecule has 1 aromatic heterocycles. The quantitative estimate of drug-likeness (QED) is 0.170. The maximum Gasteiger partial charge on any atom is 0.411 e. The molecule has 0 saturated heterocycles. The Labute approximate surface area is 276 Å². The van der Waals surface area contributed by atoms with Crippen LogP contribution in [0.1, 0.15) is 50.4 Å². The summed E-state index contributed by atoms with van der Waals surface area (Å²) in [6, 6.07) is 23.6. The van der Waals surface area contributed by atoms with E-state index in [1.165, 1.54) is 4.90 Å². The van der Waals surface area contributed by atoms with Gasteiger partial charge in [0.05, 0.1) is 13.7 Å². The number of nitrogens with one attached hydrogen (secondary N) is 1. The highest BCUT2D eigenvalue weighted by Gasteiger charge is 2.36. The van der Waals surface area contributed by atoms with Crippen molar-refractivity contribution in [1.29, 1.82) is 0 Å². The van der Waals surface area contributed by atoms with E-state index in [0.717, 1.165) is 27.6 Å². The topological polar surface area (TPSA) is 115 Å². The zero-order chi connectivity index (χ0) is 34.1. The first-order chi connectivity index (χ1) is 22.4. The highest BCUT2D eigenvalue weighted by atomic mass is 16.6. The first-order valence-corrected chi connectivity index (χ1v) is 15.8. The number of aliphatic carboxylic acids is 1. The lowest BCUT2D eigenvalue weighted by Gasteiger charge is -2.37. The Kier molecular flexibility index (Phi) is 11.7. The van der Waals surface area contributed by atoms with E-state index in [0.29, 0.717) is 5.75 Å². The van der Waals surface area contributed by atoms with Gasteiger partial charge in [-0.15, -0.1) is 0 Å². The Balaban J connectivity index is 1.69. The van der Waals surface area contributed by atoms with Crippen LogP contribution in [-0.4, -0.2) is 88.2 Å². The molecule has 0 spiro atoms. The predicted octanol–water partition coefficient (Wildman–Crippen LogP) is 6.13. The molecule has 1 heterocycles. The number of aromatic amines is 1. The van der Waals surface area contributed by atoms with Crippen molar-refractivity contribution in [2.75, 3.05) is 33.8 Å². The summed E-state index contributed by atoms with van der Waals surface area (Å²) in [7, 11) is 3.29. The number of para-hydroxylation sites is 2. The number of hydrogen-bond donors (Lipinski definition) is 2. The first kappa shape index (κ1) is 35.0. The Hall–Kier alpha value is -4.83. The molecule has 2 atom stereocenters. The van der Waals surface area contributed by atoms with Crippen LogP contribution >= 0.6 is 0 Å². The number of carboxylic acid groups (broad SMARTS) is 1. The summed E-state index contributed by atoms with van der Waals surface area (Å²) in [5.41, 5.74) is 2.77. The molecule has 2 N–H and O–H groups in total. The van der Waals surface area contributed by atoms with Crippen molar-refractivity contribution in [1.82, 2.24) is 19.7 Å². The molecule has 0 bridgehead atoms. The number of carbonyl (C=O) groups excluding carboxylic acids is 2. The van der Waals surface area contributed by atoms with E-state index in [9.17, 15) is 19.5 Å². The fourth-order valence-corrected chi connectivity index (χ4v) is 5.74. The summed E-state index contributed by atoms with van der Waals surface area (Å²) >= 11 is 0. The van der Waals surface area contributed by atoms with Gasteiger partial charge in [0, 0.05) is 61.8 Å². The second-order valence-electron chi connectivity index (χ2n) is 12.7. The molecule has 4 rings (SSSR count). The van der Waals surface area contributed by atoms with Gasteiger partial charge >= 0.3 is 12.1 Å². The third kappa shape index (κ3) is 9.36. The van der Waals surface area contributed by atoms with Crippen molar-refractivity contribution in [2.45, 2.75) is 58.3 Å². The minimum absolute atomic E-state index is 0.0562. The molecule has 47 heavy (non-hydrogen) atoms. The van der Waals surface area contributed by atoms with Crippen LogP contribution in [0.4, 0.5) is 4.79 Å². The minimum atomic E-state index is -0.992. The molecule has 4 aromatic rings. The standard InChI is InChI=1S/C37H46N4O6/c1-26(30-23-38-31-18-12-11-17-29(30)31)40(25-34(42)43)20-21-41(36(45)47-37(2,3)4)32(22-27-14-8-7-9-15-27)35(44)39(5)24-28-16-10-13-19-33(28)46-6/h7-19,23,26,32,38H,20-22,24-25H2,1-6H3,(H,42,43)/t26-,32-/m0/s1. The number of benzene rings is 3. The van der Waals surface area contributed by atoms with Crippen molar-refractivity contribution in [3.8, 4) is 5.75 Å². The van der Waals surface area contributed by atoms with E-state index >= 15 is 0 Å². The van der Waals surface area contributed by atoms with Crippen molar-refractivity contribution in [3.63, 3.8) is 0 Å². The highest BCUT2D eigenvalue weighted by Crippen LogP contribution is 2.28. The summed E-state index contributed by atoms with van der Waals surface area (Å²) in [5.74, 6) is -0.611. The van der Waals surface area contributed by atoms with E-state index < -0.39 is 23.7 Å². The fraction of sp³-hybridized carbons (Fsp3) is 0.378. The number of amides is 2. The lowest BCUT2D eigenvalue weighted by Crippen LogP contribution is -2.54. The Morgan fingerprint density at radius 3 is 2.26 bits per heavy atom. The molecule has 0 saturated carbocycles. The van der Waals surface area contributed by atoms with Crippen LogP contribution < -0.4 is 4.74 Å². The van der Waals surface area contributed by atoms with E-state index in [1.807, 2.05) is 92.0 Å². The highest BCUT2D eigenvalue weighted by molar-refractivity contribution is 5.86. The predicted molar refractivity (Wildman–Crippen MR) is 182 cm³/mol. The van der Waals surface area contributed by atoms with Crippen LogP contribution in [0.15, 0.2) is 85.1 Å². The molecule has 0 radical (unpaired) electrons. The molecule has 3 aromatic carbocycles. The smallest absolute Gasteiger partial charge is 0.411 e. The average Bonchev–Trinajstić information content (AvgIpc) is 3.47. The van der Waals surface area contributed by atoms with Crippen molar-refractivity contribution >= 4 is 28.9 Å². The van der Waals surface area contributed by atoms with Gasteiger partial charge in [0.15, 0.2) is 0 Å². The van der Waals surface area contributed by atoms with Gasteiger partial charge in [-0.1, -0.05) is 66.7 Å². The normalized spacial score (nSPS) is 12.8. The van der Waals surface area contributed by atoms with Crippen LogP contribution in [-0.2, 0) is 27.3 Å². The molecule has 0 aliphatic rings. The van der Waals surface area contributed by atoms with E-state index in [1.54, 1.807) is 44.7 Å². The van der Waals surface area contributed by atoms with Crippen molar-refractivity contribution in [2.24, 2.45) is 0 Å². The molecule has 10 nitrogen and oxygen atoms in total. The summed E-state index contributed by atoms with van der Waals surface area (Å²) in [4.78, 5) is 48.5. The number of aromatic nitrogens is 1. The number of nitrogens with zero attached hydrogens (tertiary/aromatic N) is 3. The number of methoxy groups -OCH3 is 1. The lowest BCUT2D eigenvalue weighted by molar-refractivity contribution is -0.139. The number of carboxylic acids is 1. The monoisotopic (exact) mass is 642 g/mol. The van der Waals surface area contributed by atoms with Gasteiger partial charge in [-0.05, 0) is 51.0 Å². The Morgan fingerprint density at radius 2 is 1.57 bits per heavy atom. The number of hydrogen-bond acceptors (Lipinski definition) is 6. The van der Waals surface area contributed by atoms with Gasteiger partial charge in [-0.2, -0.15) is 0 Å². The summed E-state index contributed by atoms with van der Waals surface area (Å²) in [6.45, 7) is 7.53. The number of H-pyrrole nitrogens is 1. The SMILES string of the molecule is COc1ccccc1CN(C)C(=O)[C@H](Cc1ccccc1)N(CCN(CC(=O)O)[C@@H](C)c1c[nH]c2ccccc12)C(=O)OC(C)(C)C. The molecule has 250 valence electrons. The zero-order valence-electron chi connectivity index (χ0n) is 28.1. The minimum Gasteiger partial charge on any atom is -0.496 e. The molecule has 2 amide bonds. The van der Waals surface area contributed by atoms with Crippen molar-refractivity contribution in [3.05, 3.63) is 102 Å². The fourth-order valence-electron chi connectivity index (χ4n) is 5.74. The van der Waals surface area contributed by atoms with Crippen LogP contribution in [0.25, 0.3) is 10.9 Å². The number of carbonyl (C=O) groups is 3. The molecular weight excluding hydrogens is 596 g/mol. The maximum absolute atomic E-state index is 14.4. The third-order valence-electron chi connectivity index (χ3n) is 8.12. The second-order valence-corrected chi connectivity index (χ2v) is 12.7. The van der Waals surface area contributed by atoms with Crippen LogP contribution in [0.5, 0.6) is 5.75 Å². The molecular formula is C37H46N4O6. The average molecular weight is 643 g/mol. The zero-order valence-corrected chi connectivity index (χ0v) is 28.1. The number of fused-ring (bicyclic) bond motifs is 1. The summed E-state index contributed by atoms with van der Waals surface area (Å²) in [6.07, 6.45) is 1.49. The van der Waals surface area contributed by atoms with Gasteiger partial charge in [-0.25, -0.2) is 4.79 Å². The summed E-state index contributed by atoms with van der Waals surface area (Å²) in [5, 5.41) is 10.9. The largest absolute Gasteiger partial charge is 0.496 e. The van der Waals surface area contributed by atoms with E-state index in [2.05, 4.69) is 4.98 Å². The summed E-state index contributed by atoms with van der Waals surface area (Å²) < 4.78 is 11.4. The van der Waals surface area contributed by atoms with Crippen LogP contribution in [0.3, 0.4) is 0 Å². The molecule has 10 heteroatoms. The van der Waals surface area contributed by atoms with E-state index in [4.69, 9.17) is 9.47 Å². The van der Waals surface area contributed by atoms with Gasteiger partial charge in [0.1, 0.15) is 17.4 Å². The third-order valence-corrected chi connectivity index (χ3v) is 8.12. The van der Waals surface area contributed by atoms with Gasteiger partial charge in [0.25, 0.3) is 0 Å². The Bertz CT molecular complexity index is 1650. The van der Waals surface area contributed by atoms with Gasteiger partial charge < -0.3 is 24.5 Å². The molecule has 0 fully saturated rings. The second kappa shape index (κ2) is 15.6. The van der Waals surface area contributed by atoms with Crippen LogP contribution in [0, 0.1) is 0 Å². The first-order valence-electron chi connectivity index (χ1n) is 15.8. The molecule has 0 aliphatic heterocycles. The Morgan fingerprint density at radius 1 is 0.915 bits per heavy atom. The lowest BCUT2D eigenvalue weighted by atomic mass is 10.0. The van der Waals surface area contributed by atoms with Crippen LogP contribution in [0.2, 0.25) is 0 Å². The maximum atomic E-state index is 14.4. The van der Waals surface area contributed by atoms with E-state index in [-0.39, 0.29) is 44.5 Å². The molecule has 0 aliphatic carbocycles. The molecule has 0 unspecified atom stereocenters. The van der Waals surface area contributed by atoms with Gasteiger partial charge in [-0.3, -0.25) is 19.4 Å².